The summed E-state index contributed by atoms with van der Waals surface area (Å²) in [4.78, 5) is 47.4. The maximum Gasteiger partial charge on any atom is 0.416 e. The van der Waals surface area contributed by atoms with Gasteiger partial charge in [0.1, 0.15) is 6.23 Å². The molecule has 3 aliphatic heterocycles. The van der Waals surface area contributed by atoms with E-state index in [-0.39, 0.29) is 34.5 Å². The monoisotopic (exact) mass is 690 g/mol. The summed E-state index contributed by atoms with van der Waals surface area (Å²) in [6, 6.07) is 6.65. The summed E-state index contributed by atoms with van der Waals surface area (Å²) in [5.74, 6) is 1.34. The summed E-state index contributed by atoms with van der Waals surface area (Å²) in [5.41, 5.74) is 1.74. The van der Waals surface area contributed by atoms with Gasteiger partial charge in [0.15, 0.2) is 23.0 Å². The van der Waals surface area contributed by atoms with Crippen LogP contribution in [0.25, 0.3) is 0 Å². The minimum absolute atomic E-state index is 0.00683. The molecule has 1 unspecified atom stereocenters. The van der Waals surface area contributed by atoms with Gasteiger partial charge in [-0.3, -0.25) is 19.5 Å². The third-order valence-corrected chi connectivity index (χ3v) is 10.9. The summed E-state index contributed by atoms with van der Waals surface area (Å²) >= 11 is 0. The van der Waals surface area contributed by atoms with Crippen molar-refractivity contribution in [2.75, 3.05) is 52.5 Å². The minimum atomic E-state index is -1.18. The molecule has 1 saturated heterocycles. The highest BCUT2D eigenvalue weighted by molar-refractivity contribution is 6.05. The van der Waals surface area contributed by atoms with Crippen molar-refractivity contribution in [1.29, 1.82) is 0 Å². The Labute approximate surface area is 291 Å². The second-order valence-corrected chi connectivity index (χ2v) is 14.3. The van der Waals surface area contributed by atoms with E-state index in [4.69, 9.17) is 23.7 Å². The number of nitrogens with zero attached hydrogens (tertiary/aromatic N) is 3. The molecule has 0 radical (unpaired) electrons. The van der Waals surface area contributed by atoms with Crippen LogP contribution >= 0.6 is 0 Å². The van der Waals surface area contributed by atoms with Gasteiger partial charge in [-0.25, -0.2) is 4.79 Å². The number of hydrogen-bond donors (Lipinski definition) is 2. The van der Waals surface area contributed by atoms with Gasteiger partial charge in [0, 0.05) is 31.4 Å². The van der Waals surface area contributed by atoms with E-state index in [9.17, 15) is 19.5 Å². The molecule has 2 aromatic carbocycles. The first-order valence-corrected chi connectivity index (χ1v) is 17.6. The van der Waals surface area contributed by atoms with Gasteiger partial charge in [0.2, 0.25) is 0 Å². The third kappa shape index (κ3) is 6.67. The number of unbranched alkanes of at least 4 members (excludes halogenated alkanes) is 2. The van der Waals surface area contributed by atoms with Gasteiger partial charge in [-0.2, -0.15) is 0 Å². The molecule has 2 aromatic rings. The van der Waals surface area contributed by atoms with Crippen LogP contribution in [0, 0.1) is 10.8 Å². The predicted molar refractivity (Wildman–Crippen MR) is 184 cm³/mol. The lowest BCUT2D eigenvalue weighted by Crippen LogP contribution is -2.44. The molecule has 3 fully saturated rings. The van der Waals surface area contributed by atoms with Crippen LogP contribution in [0.15, 0.2) is 29.3 Å². The molecule has 0 bridgehead atoms. The standard InChI is InChI=1S/C37H46N4O9/c1-46-28-15-24-26(38-20-23-19-37(11-12-37)22-40(23)34(24)44)17-30(28)49-13-5-4-6-14-50-31-18-27-25(16-29(31)47-2)33(43)39-21-36(9-10-36)8-7-32(42)41(27)35(45)48-3/h15-18,20,23,32,42H,4-14,19,21-22H2,1-3H3,(H,39,43)/t23-,32?/m0/s1. The van der Waals surface area contributed by atoms with Crippen LogP contribution in [0.2, 0.25) is 0 Å². The molecule has 7 rings (SSSR count). The Kier molecular flexibility index (Phi) is 9.27. The summed E-state index contributed by atoms with van der Waals surface area (Å²) < 4.78 is 28.4. The number of carbonyl (C=O) groups excluding carboxylic acids is 3. The predicted octanol–water partition coefficient (Wildman–Crippen LogP) is 5.24. The van der Waals surface area contributed by atoms with Gasteiger partial charge in [-0.05, 0) is 87.2 Å². The lowest BCUT2D eigenvalue weighted by Gasteiger charge is -2.31. The van der Waals surface area contributed by atoms with Gasteiger partial charge in [0.25, 0.3) is 11.8 Å². The zero-order chi connectivity index (χ0) is 35.0. The number of nitrogens with one attached hydrogen (secondary N) is 1. The van der Waals surface area contributed by atoms with Crippen molar-refractivity contribution in [2.45, 2.75) is 76.5 Å². The van der Waals surface area contributed by atoms with Gasteiger partial charge in [0.05, 0.1) is 63.1 Å². The molecule has 50 heavy (non-hydrogen) atoms. The average Bonchev–Trinajstić information content (AvgIpc) is 4.05. The maximum atomic E-state index is 13.4. The Balaban J connectivity index is 0.967. The number of benzene rings is 2. The second kappa shape index (κ2) is 13.7. The summed E-state index contributed by atoms with van der Waals surface area (Å²) in [6.45, 7) is 2.06. The van der Waals surface area contributed by atoms with E-state index in [0.29, 0.717) is 78.7 Å². The number of hydrogen-bond acceptors (Lipinski definition) is 10. The van der Waals surface area contributed by atoms with Crippen molar-refractivity contribution in [3.63, 3.8) is 0 Å². The number of rotatable bonds is 10. The van der Waals surface area contributed by atoms with Crippen molar-refractivity contribution in [2.24, 2.45) is 15.8 Å². The molecule has 2 N–H and O–H groups in total. The van der Waals surface area contributed by atoms with Crippen molar-refractivity contribution in [3.05, 3.63) is 35.4 Å². The van der Waals surface area contributed by atoms with E-state index in [1.807, 2.05) is 11.1 Å². The largest absolute Gasteiger partial charge is 0.493 e. The molecule has 2 aliphatic carbocycles. The van der Waals surface area contributed by atoms with E-state index in [1.54, 1.807) is 25.3 Å². The molecule has 268 valence electrons. The highest BCUT2D eigenvalue weighted by Crippen LogP contribution is 2.55. The number of fused-ring (bicyclic) bond motifs is 3. The fourth-order valence-corrected chi connectivity index (χ4v) is 7.46. The van der Waals surface area contributed by atoms with E-state index in [2.05, 4.69) is 10.3 Å². The van der Waals surface area contributed by atoms with E-state index in [0.717, 1.165) is 43.5 Å². The Hall–Kier alpha value is -4.52. The highest BCUT2D eigenvalue weighted by Gasteiger charge is 2.53. The fraction of sp³-hybridized carbons (Fsp3) is 0.568. The SMILES string of the molecule is COC(=O)N1c2cc(OCCCCCOc3cc4c(cc3OC)C(=O)N3CC5(CC5)C[C@H]3C=N4)c(OC)cc2C(=O)NCC2(CCC1O)CC2. The first-order valence-electron chi connectivity index (χ1n) is 17.6. The van der Waals surface area contributed by atoms with Gasteiger partial charge in [-0.1, -0.05) is 0 Å². The number of carbonyl (C=O) groups is 3. The molecule has 5 aliphatic rings. The Morgan fingerprint density at radius 1 is 0.880 bits per heavy atom. The van der Waals surface area contributed by atoms with Gasteiger partial charge < -0.3 is 39.0 Å². The van der Waals surface area contributed by atoms with Crippen molar-refractivity contribution < 1.29 is 43.2 Å². The number of methoxy groups -OCH3 is 3. The van der Waals surface area contributed by atoms with Crippen molar-refractivity contribution >= 4 is 35.5 Å². The molecule has 0 aromatic heterocycles. The van der Waals surface area contributed by atoms with Gasteiger partial charge >= 0.3 is 6.09 Å². The molecule has 2 spiro atoms. The zero-order valence-electron chi connectivity index (χ0n) is 29.0. The first kappa shape index (κ1) is 34.0. The van der Waals surface area contributed by atoms with Gasteiger partial charge in [-0.15, -0.1) is 0 Å². The third-order valence-electron chi connectivity index (χ3n) is 10.9. The second-order valence-electron chi connectivity index (χ2n) is 14.3. The average molecular weight is 691 g/mol. The Bertz CT molecular complexity index is 1690. The molecule has 3 heterocycles. The number of aliphatic hydroxyl groups is 1. The molecular formula is C37H46N4O9. The molecule has 13 heteroatoms. The zero-order valence-corrected chi connectivity index (χ0v) is 29.0. The minimum Gasteiger partial charge on any atom is -0.493 e. The van der Waals surface area contributed by atoms with Crippen LogP contribution in [-0.2, 0) is 4.74 Å². The molecular weight excluding hydrogens is 644 g/mol. The highest BCUT2D eigenvalue weighted by atomic mass is 16.5. The lowest BCUT2D eigenvalue weighted by molar-refractivity contribution is 0.0767. The number of amides is 3. The summed E-state index contributed by atoms with van der Waals surface area (Å²) in [5, 5.41) is 14.1. The van der Waals surface area contributed by atoms with Crippen LogP contribution in [0.5, 0.6) is 23.0 Å². The lowest BCUT2D eigenvalue weighted by atomic mass is 9.97. The Morgan fingerprint density at radius 3 is 2.18 bits per heavy atom. The van der Waals surface area contributed by atoms with Crippen molar-refractivity contribution in [3.8, 4) is 23.0 Å². The van der Waals surface area contributed by atoms with E-state index in [1.165, 1.54) is 33.1 Å². The fourth-order valence-electron chi connectivity index (χ4n) is 7.46. The molecule has 2 atom stereocenters. The summed E-state index contributed by atoms with van der Waals surface area (Å²) in [7, 11) is 4.29. The maximum absolute atomic E-state index is 13.4. The topological polar surface area (TPSA) is 148 Å². The van der Waals surface area contributed by atoms with E-state index >= 15 is 0 Å². The number of aliphatic imine (C=N–C) groups is 1. The van der Waals surface area contributed by atoms with Crippen LogP contribution in [0.4, 0.5) is 16.2 Å². The Morgan fingerprint density at radius 2 is 1.54 bits per heavy atom. The molecule has 2 saturated carbocycles. The van der Waals surface area contributed by atoms with Crippen LogP contribution in [0.1, 0.15) is 84.9 Å². The number of ether oxygens (including phenoxy) is 5. The summed E-state index contributed by atoms with van der Waals surface area (Å²) in [6.07, 6.45) is 8.45. The van der Waals surface area contributed by atoms with E-state index < -0.39 is 12.3 Å². The first-order chi connectivity index (χ1) is 24.2. The van der Waals surface area contributed by atoms with Crippen LogP contribution in [0.3, 0.4) is 0 Å². The number of aliphatic hydroxyl groups excluding tert-OH is 1. The quantitative estimate of drug-likeness (QED) is 0.320. The normalized spacial score (nSPS) is 22.6. The van der Waals surface area contributed by atoms with Crippen LogP contribution < -0.4 is 29.2 Å². The molecule has 13 nitrogen and oxygen atoms in total. The smallest absolute Gasteiger partial charge is 0.416 e. The van der Waals surface area contributed by atoms with Crippen LogP contribution in [-0.4, -0.2) is 94.0 Å². The number of anilines is 1. The van der Waals surface area contributed by atoms with Crippen molar-refractivity contribution in [1.82, 2.24) is 10.2 Å². The molecule has 3 amide bonds.